The van der Waals surface area contributed by atoms with Gasteiger partial charge in [0, 0.05) is 13.1 Å². The molecule has 27 heavy (non-hydrogen) atoms. The van der Waals surface area contributed by atoms with Gasteiger partial charge in [-0.3, -0.25) is 0 Å². The average molecular weight is 399 g/mol. The van der Waals surface area contributed by atoms with Crippen molar-refractivity contribution in [3.63, 3.8) is 0 Å². The number of sulfonamides is 1. The van der Waals surface area contributed by atoms with Crippen LogP contribution in [0.15, 0.2) is 47.4 Å². The van der Waals surface area contributed by atoms with Gasteiger partial charge >= 0.3 is 6.18 Å². The van der Waals surface area contributed by atoms with Crippen LogP contribution in [0.25, 0.3) is 0 Å². The van der Waals surface area contributed by atoms with Crippen molar-refractivity contribution in [2.75, 3.05) is 19.9 Å². The van der Waals surface area contributed by atoms with Crippen LogP contribution in [-0.4, -0.2) is 32.6 Å². The van der Waals surface area contributed by atoms with Crippen molar-refractivity contribution >= 4 is 10.0 Å². The van der Waals surface area contributed by atoms with Gasteiger partial charge in [0.05, 0.1) is 10.5 Å². The molecule has 5 nitrogen and oxygen atoms in total. The Hall–Kier alpha value is -2.26. The summed E-state index contributed by atoms with van der Waals surface area (Å²) in [6.07, 6.45) is -4.01. The van der Waals surface area contributed by atoms with Gasteiger partial charge in [-0.15, -0.1) is 0 Å². The fraction of sp³-hybridized carbons (Fsp3) is 0.333. The summed E-state index contributed by atoms with van der Waals surface area (Å²) in [7, 11) is -4.00. The lowest BCUT2D eigenvalue weighted by Gasteiger charge is -2.18. The monoisotopic (exact) mass is 399 g/mol. The minimum atomic E-state index is -4.59. The highest BCUT2D eigenvalue weighted by atomic mass is 32.2. The van der Waals surface area contributed by atoms with E-state index in [2.05, 4.69) is 0 Å². The summed E-state index contributed by atoms with van der Waals surface area (Å²) in [4.78, 5) is -0.344. The van der Waals surface area contributed by atoms with Crippen molar-refractivity contribution in [1.82, 2.24) is 4.31 Å². The molecule has 2 aromatic carbocycles. The zero-order chi connectivity index (χ0) is 19.2. The first kappa shape index (κ1) is 18.1. The first-order valence-electron chi connectivity index (χ1n) is 8.32. The van der Waals surface area contributed by atoms with Crippen molar-refractivity contribution in [2.24, 2.45) is 0 Å². The smallest absolute Gasteiger partial charge is 0.416 e. The Balaban J connectivity index is 1.56. The van der Waals surface area contributed by atoms with Crippen LogP contribution in [0.5, 0.6) is 11.5 Å². The molecule has 0 aliphatic carbocycles. The van der Waals surface area contributed by atoms with E-state index in [9.17, 15) is 21.6 Å². The number of halogens is 3. The molecule has 144 valence electrons. The Morgan fingerprint density at radius 3 is 2.59 bits per heavy atom. The van der Waals surface area contributed by atoms with Crippen molar-refractivity contribution in [2.45, 2.75) is 23.4 Å². The van der Waals surface area contributed by atoms with E-state index in [1.165, 1.54) is 10.4 Å². The third kappa shape index (κ3) is 3.37. The van der Waals surface area contributed by atoms with Gasteiger partial charge in [-0.2, -0.15) is 17.5 Å². The van der Waals surface area contributed by atoms with Crippen molar-refractivity contribution < 1.29 is 31.1 Å². The van der Waals surface area contributed by atoms with Gasteiger partial charge in [-0.25, -0.2) is 8.42 Å². The average Bonchev–Trinajstić information content (AvgIpc) is 3.30. The molecule has 9 heteroatoms. The maximum absolute atomic E-state index is 12.9. The summed E-state index contributed by atoms with van der Waals surface area (Å²) in [5.41, 5.74) is -0.0592. The molecular weight excluding hydrogens is 383 g/mol. The molecule has 0 radical (unpaired) electrons. The molecule has 1 saturated heterocycles. The Morgan fingerprint density at radius 2 is 1.81 bits per heavy atom. The first-order valence-corrected chi connectivity index (χ1v) is 9.76. The summed E-state index contributed by atoms with van der Waals surface area (Å²) in [5, 5.41) is 0. The largest absolute Gasteiger partial charge is 0.454 e. The predicted octanol–water partition coefficient (Wildman–Crippen LogP) is 3.61. The molecule has 0 spiro atoms. The number of hydrogen-bond donors (Lipinski definition) is 0. The molecule has 2 aromatic rings. The molecule has 0 saturated carbocycles. The number of nitrogens with zero attached hydrogens (tertiary/aromatic N) is 1. The van der Waals surface area contributed by atoms with Gasteiger partial charge in [0.15, 0.2) is 11.5 Å². The van der Waals surface area contributed by atoms with Crippen LogP contribution in [0.1, 0.15) is 23.5 Å². The van der Waals surface area contributed by atoms with Crippen LogP contribution in [0.3, 0.4) is 0 Å². The van der Waals surface area contributed by atoms with E-state index in [-0.39, 0.29) is 30.7 Å². The topological polar surface area (TPSA) is 55.8 Å². The molecule has 1 atom stereocenters. The highest BCUT2D eigenvalue weighted by Gasteiger charge is 2.36. The minimum absolute atomic E-state index is 0.0555. The maximum Gasteiger partial charge on any atom is 0.416 e. The van der Waals surface area contributed by atoms with E-state index >= 15 is 0 Å². The highest BCUT2D eigenvalue weighted by Crippen LogP contribution is 2.38. The lowest BCUT2D eigenvalue weighted by molar-refractivity contribution is -0.137. The van der Waals surface area contributed by atoms with Crippen LogP contribution in [0.4, 0.5) is 13.2 Å². The molecule has 2 heterocycles. The maximum atomic E-state index is 12.9. The number of alkyl halides is 3. The fourth-order valence-electron chi connectivity index (χ4n) is 3.37. The molecule has 0 N–H and O–H groups in total. The zero-order valence-electron chi connectivity index (χ0n) is 14.1. The highest BCUT2D eigenvalue weighted by molar-refractivity contribution is 7.89. The van der Waals surface area contributed by atoms with Crippen LogP contribution in [0.2, 0.25) is 0 Å². The van der Waals surface area contributed by atoms with Gasteiger partial charge in [-0.1, -0.05) is 12.1 Å². The van der Waals surface area contributed by atoms with E-state index in [0.29, 0.717) is 24.0 Å². The third-order valence-corrected chi connectivity index (χ3v) is 6.68. The van der Waals surface area contributed by atoms with E-state index in [1.54, 1.807) is 6.07 Å². The molecule has 2 aliphatic heterocycles. The third-order valence-electron chi connectivity index (χ3n) is 4.82. The Morgan fingerprint density at radius 1 is 1.04 bits per heavy atom. The van der Waals surface area contributed by atoms with Crippen LogP contribution < -0.4 is 9.47 Å². The molecule has 4 rings (SSSR count). The van der Waals surface area contributed by atoms with E-state index in [4.69, 9.17) is 9.47 Å². The number of ether oxygens (including phenoxy) is 2. The predicted molar refractivity (Wildman–Crippen MR) is 90.1 cm³/mol. The standard InChI is InChI=1S/C18H16F3NO4S/c19-18(20,21)14-2-1-3-15(9-14)27(23,24)22-7-6-13(10-22)12-4-5-16-17(8-12)26-11-25-16/h1-5,8-9,13H,6-7,10-11H2. The summed E-state index contributed by atoms with van der Waals surface area (Å²) in [6.45, 7) is 0.607. The van der Waals surface area contributed by atoms with Gasteiger partial charge in [0.1, 0.15) is 0 Å². The van der Waals surface area contributed by atoms with Crippen LogP contribution in [0, 0.1) is 0 Å². The lowest BCUT2D eigenvalue weighted by atomic mass is 9.98. The molecule has 1 fully saturated rings. The van der Waals surface area contributed by atoms with Gasteiger partial charge in [0.2, 0.25) is 16.8 Å². The lowest BCUT2D eigenvalue weighted by Crippen LogP contribution is -2.29. The minimum Gasteiger partial charge on any atom is -0.454 e. The quantitative estimate of drug-likeness (QED) is 0.791. The van der Waals surface area contributed by atoms with Gasteiger partial charge in [-0.05, 0) is 48.2 Å². The van der Waals surface area contributed by atoms with Crippen LogP contribution in [-0.2, 0) is 16.2 Å². The van der Waals surface area contributed by atoms with Gasteiger partial charge < -0.3 is 9.47 Å². The summed E-state index contributed by atoms with van der Waals surface area (Å²) in [6, 6.07) is 9.31. The molecular formula is C18H16F3NO4S. The molecule has 2 aliphatic rings. The van der Waals surface area contributed by atoms with Crippen molar-refractivity contribution in [3.8, 4) is 11.5 Å². The SMILES string of the molecule is O=S(=O)(c1cccc(C(F)(F)F)c1)N1CCC(c2ccc3c(c2)OCO3)C1. The Labute approximate surface area is 154 Å². The van der Waals surface area contributed by atoms with Gasteiger partial charge in [0.25, 0.3) is 0 Å². The zero-order valence-corrected chi connectivity index (χ0v) is 14.9. The number of fused-ring (bicyclic) bond motifs is 1. The summed E-state index contributed by atoms with van der Waals surface area (Å²) >= 11 is 0. The molecule has 0 aromatic heterocycles. The van der Waals surface area contributed by atoms with Crippen molar-refractivity contribution in [3.05, 3.63) is 53.6 Å². The van der Waals surface area contributed by atoms with Crippen molar-refractivity contribution in [1.29, 1.82) is 0 Å². The van der Waals surface area contributed by atoms with Crippen LogP contribution >= 0.6 is 0 Å². The summed E-state index contributed by atoms with van der Waals surface area (Å²) < 4.78 is 76.1. The number of hydrogen-bond acceptors (Lipinski definition) is 4. The Bertz CT molecular complexity index is 975. The van der Waals surface area contributed by atoms with E-state index in [0.717, 1.165) is 17.7 Å². The molecule has 0 bridgehead atoms. The fourth-order valence-corrected chi connectivity index (χ4v) is 4.91. The second kappa shape index (κ2) is 6.42. The number of rotatable bonds is 3. The molecule has 1 unspecified atom stereocenters. The Kier molecular flexibility index (Phi) is 4.31. The second-order valence-electron chi connectivity index (χ2n) is 6.49. The molecule has 0 amide bonds. The first-order chi connectivity index (χ1) is 12.7. The van der Waals surface area contributed by atoms with E-state index < -0.39 is 21.8 Å². The normalized spacial score (nSPS) is 20.2. The summed E-state index contributed by atoms with van der Waals surface area (Å²) in [5.74, 6) is 1.21. The second-order valence-corrected chi connectivity index (χ2v) is 8.42. The number of benzene rings is 2. The van der Waals surface area contributed by atoms with E-state index in [1.807, 2.05) is 12.1 Å².